The van der Waals surface area contributed by atoms with Crippen LogP contribution in [0.15, 0.2) is 30.3 Å². The molecule has 2 atom stereocenters. The number of benzene rings is 1. The van der Waals surface area contributed by atoms with E-state index in [0.29, 0.717) is 12.1 Å². The van der Waals surface area contributed by atoms with Gasteiger partial charge in [0, 0.05) is 31.5 Å². The van der Waals surface area contributed by atoms with E-state index in [-0.39, 0.29) is 5.79 Å². The summed E-state index contributed by atoms with van der Waals surface area (Å²) in [6.45, 7) is 7.11. The summed E-state index contributed by atoms with van der Waals surface area (Å²) in [6, 6.07) is 11.9. The molecule has 2 saturated heterocycles. The molecule has 1 aromatic carbocycles. The van der Waals surface area contributed by atoms with Crippen LogP contribution in [0.5, 0.6) is 0 Å². The predicted molar refractivity (Wildman–Crippen MR) is 84.0 cm³/mol. The van der Waals surface area contributed by atoms with E-state index in [9.17, 15) is 0 Å². The van der Waals surface area contributed by atoms with Crippen LogP contribution in [0.2, 0.25) is 0 Å². The van der Waals surface area contributed by atoms with E-state index < -0.39 is 0 Å². The van der Waals surface area contributed by atoms with Gasteiger partial charge >= 0.3 is 0 Å². The van der Waals surface area contributed by atoms with Crippen LogP contribution in [-0.4, -0.2) is 36.0 Å². The Labute approximate surface area is 128 Å². The van der Waals surface area contributed by atoms with E-state index >= 15 is 0 Å². The summed E-state index contributed by atoms with van der Waals surface area (Å²) in [5.74, 6) is -0.297. The topological polar surface area (TPSA) is 21.7 Å². The minimum Gasteiger partial charge on any atom is -0.347 e. The summed E-state index contributed by atoms with van der Waals surface area (Å²) < 4.78 is 12.0. The van der Waals surface area contributed by atoms with Crippen molar-refractivity contribution in [2.45, 2.75) is 63.9 Å². The van der Waals surface area contributed by atoms with E-state index in [2.05, 4.69) is 49.1 Å². The van der Waals surface area contributed by atoms with Gasteiger partial charge < -0.3 is 9.47 Å². The van der Waals surface area contributed by atoms with Crippen molar-refractivity contribution in [3.05, 3.63) is 35.9 Å². The Morgan fingerprint density at radius 3 is 2.10 bits per heavy atom. The SMILES string of the molecule is CC[C@H]1CC2(C[C@H](CC)N1Cc1ccccc1)OCCO2. The molecule has 3 rings (SSSR count). The third-order valence-electron chi connectivity index (χ3n) is 5.00. The third-order valence-corrected chi connectivity index (χ3v) is 5.00. The van der Waals surface area contributed by atoms with Crippen molar-refractivity contribution in [1.29, 1.82) is 0 Å². The molecule has 0 radical (unpaired) electrons. The molecule has 21 heavy (non-hydrogen) atoms. The van der Waals surface area contributed by atoms with Gasteiger partial charge in [0.15, 0.2) is 5.79 Å². The molecule has 3 nitrogen and oxygen atoms in total. The molecule has 2 fully saturated rings. The Kier molecular flexibility index (Phi) is 4.63. The zero-order valence-corrected chi connectivity index (χ0v) is 13.3. The van der Waals surface area contributed by atoms with Crippen molar-refractivity contribution >= 4 is 0 Å². The van der Waals surface area contributed by atoms with Crippen molar-refractivity contribution in [2.75, 3.05) is 13.2 Å². The Morgan fingerprint density at radius 2 is 1.57 bits per heavy atom. The molecule has 3 heteroatoms. The highest BCUT2D eigenvalue weighted by molar-refractivity contribution is 5.15. The third kappa shape index (κ3) is 3.15. The van der Waals surface area contributed by atoms with Gasteiger partial charge in [-0.25, -0.2) is 0 Å². The van der Waals surface area contributed by atoms with Crippen molar-refractivity contribution in [2.24, 2.45) is 0 Å². The fourth-order valence-electron chi connectivity index (χ4n) is 3.88. The van der Waals surface area contributed by atoms with Crippen molar-refractivity contribution in [3.63, 3.8) is 0 Å². The first-order chi connectivity index (χ1) is 10.3. The second kappa shape index (κ2) is 6.47. The molecular formula is C18H27NO2. The second-order valence-electron chi connectivity index (χ2n) is 6.30. The van der Waals surface area contributed by atoms with Gasteiger partial charge in [0.25, 0.3) is 0 Å². The molecule has 2 aliphatic rings. The first kappa shape index (κ1) is 15.0. The number of ether oxygens (including phenoxy) is 2. The number of hydrogen-bond donors (Lipinski definition) is 0. The van der Waals surface area contributed by atoms with Gasteiger partial charge in [-0.2, -0.15) is 0 Å². The molecule has 116 valence electrons. The van der Waals surface area contributed by atoms with Gasteiger partial charge in [0.2, 0.25) is 0 Å². The van der Waals surface area contributed by atoms with Crippen LogP contribution in [0, 0.1) is 0 Å². The van der Waals surface area contributed by atoms with Crippen molar-refractivity contribution in [3.8, 4) is 0 Å². The second-order valence-corrected chi connectivity index (χ2v) is 6.30. The summed E-state index contributed by atoms with van der Waals surface area (Å²) in [5.41, 5.74) is 1.40. The smallest absolute Gasteiger partial charge is 0.171 e. The van der Waals surface area contributed by atoms with Crippen molar-refractivity contribution < 1.29 is 9.47 Å². The van der Waals surface area contributed by atoms with Crippen LogP contribution in [-0.2, 0) is 16.0 Å². The molecule has 0 unspecified atom stereocenters. The molecule has 0 saturated carbocycles. The fourth-order valence-corrected chi connectivity index (χ4v) is 3.88. The number of nitrogens with zero attached hydrogens (tertiary/aromatic N) is 1. The highest BCUT2D eigenvalue weighted by Crippen LogP contribution is 2.40. The van der Waals surface area contributed by atoms with Gasteiger partial charge in [-0.3, -0.25) is 4.90 Å². The van der Waals surface area contributed by atoms with Crippen LogP contribution in [0.1, 0.15) is 45.1 Å². The number of hydrogen-bond acceptors (Lipinski definition) is 3. The largest absolute Gasteiger partial charge is 0.347 e. The van der Waals surface area contributed by atoms with Gasteiger partial charge in [-0.15, -0.1) is 0 Å². The average molecular weight is 289 g/mol. The maximum atomic E-state index is 6.00. The van der Waals surface area contributed by atoms with Crippen LogP contribution in [0.3, 0.4) is 0 Å². The number of likely N-dealkylation sites (tertiary alicyclic amines) is 1. The minimum absolute atomic E-state index is 0.297. The first-order valence-corrected chi connectivity index (χ1v) is 8.34. The first-order valence-electron chi connectivity index (χ1n) is 8.34. The lowest BCUT2D eigenvalue weighted by atomic mass is 9.87. The van der Waals surface area contributed by atoms with E-state index in [0.717, 1.165) is 45.4 Å². The Morgan fingerprint density at radius 1 is 1.00 bits per heavy atom. The standard InChI is InChI=1S/C18H27NO2/c1-3-16-12-18(20-10-11-21-18)13-17(4-2)19(16)14-15-8-6-5-7-9-15/h5-9,16-17H,3-4,10-14H2,1-2H3/t16-,17-/m0/s1. The minimum atomic E-state index is -0.297. The highest BCUT2D eigenvalue weighted by Gasteiger charge is 2.47. The molecule has 0 N–H and O–H groups in total. The molecule has 1 aromatic rings. The van der Waals surface area contributed by atoms with E-state index in [1.807, 2.05) is 0 Å². The Hall–Kier alpha value is -0.900. The lowest BCUT2D eigenvalue weighted by Crippen LogP contribution is -2.55. The lowest BCUT2D eigenvalue weighted by Gasteiger charge is -2.48. The zero-order valence-electron chi connectivity index (χ0n) is 13.3. The predicted octanol–water partition coefficient (Wildman–Crippen LogP) is 3.58. The number of piperidine rings is 1. The summed E-state index contributed by atoms with van der Waals surface area (Å²) in [6.07, 6.45) is 4.31. The summed E-state index contributed by atoms with van der Waals surface area (Å²) in [7, 11) is 0. The highest BCUT2D eigenvalue weighted by atomic mass is 16.7. The van der Waals surface area contributed by atoms with Gasteiger partial charge in [-0.1, -0.05) is 44.2 Å². The van der Waals surface area contributed by atoms with E-state index in [1.54, 1.807) is 0 Å². The molecule has 0 aliphatic carbocycles. The monoisotopic (exact) mass is 289 g/mol. The van der Waals surface area contributed by atoms with E-state index in [1.165, 1.54) is 5.56 Å². The van der Waals surface area contributed by atoms with Gasteiger partial charge in [0.05, 0.1) is 13.2 Å². The maximum absolute atomic E-state index is 6.00. The molecule has 2 heterocycles. The molecule has 1 spiro atoms. The molecule has 0 aromatic heterocycles. The Bertz CT molecular complexity index is 426. The molecule has 2 aliphatic heterocycles. The van der Waals surface area contributed by atoms with Crippen LogP contribution < -0.4 is 0 Å². The van der Waals surface area contributed by atoms with Gasteiger partial charge in [-0.05, 0) is 18.4 Å². The summed E-state index contributed by atoms with van der Waals surface area (Å²) >= 11 is 0. The summed E-state index contributed by atoms with van der Waals surface area (Å²) in [4.78, 5) is 2.67. The molecule has 0 bridgehead atoms. The Balaban J connectivity index is 1.78. The average Bonchev–Trinajstić information content (AvgIpc) is 2.97. The van der Waals surface area contributed by atoms with Crippen LogP contribution in [0.4, 0.5) is 0 Å². The van der Waals surface area contributed by atoms with Crippen LogP contribution in [0.25, 0.3) is 0 Å². The van der Waals surface area contributed by atoms with Crippen molar-refractivity contribution in [1.82, 2.24) is 4.90 Å². The molecule has 0 amide bonds. The maximum Gasteiger partial charge on any atom is 0.171 e. The van der Waals surface area contributed by atoms with E-state index in [4.69, 9.17) is 9.47 Å². The fraction of sp³-hybridized carbons (Fsp3) is 0.667. The molecular weight excluding hydrogens is 262 g/mol. The van der Waals surface area contributed by atoms with Gasteiger partial charge in [0.1, 0.15) is 0 Å². The van der Waals surface area contributed by atoms with Crippen LogP contribution >= 0.6 is 0 Å². The normalized spacial score (nSPS) is 29.0. The number of rotatable bonds is 4. The zero-order chi connectivity index (χ0) is 14.7. The summed E-state index contributed by atoms with van der Waals surface area (Å²) in [5, 5.41) is 0. The lowest BCUT2D eigenvalue weighted by molar-refractivity contribution is -0.211. The quantitative estimate of drug-likeness (QED) is 0.845.